The Morgan fingerprint density at radius 2 is 2.33 bits per heavy atom. The minimum atomic E-state index is -0.962. The number of nitrogens with one attached hydrogen (secondary N) is 1. The number of aryl methyl sites for hydroxylation is 1. The van der Waals surface area contributed by atoms with E-state index in [1.165, 1.54) is 0 Å². The van der Waals surface area contributed by atoms with Crippen molar-refractivity contribution >= 4 is 23.4 Å². The van der Waals surface area contributed by atoms with Crippen LogP contribution in [0.25, 0.3) is 0 Å². The van der Waals surface area contributed by atoms with Gasteiger partial charge in [-0.1, -0.05) is 11.4 Å². The average molecular weight is 271 g/mol. The van der Waals surface area contributed by atoms with E-state index in [0.717, 1.165) is 11.5 Å². The maximum atomic E-state index is 12.0. The molecule has 2 unspecified atom stereocenters. The molecule has 8 heteroatoms. The maximum Gasteiger partial charge on any atom is 0.311 e. The first-order valence-electron chi connectivity index (χ1n) is 5.56. The summed E-state index contributed by atoms with van der Waals surface area (Å²) in [5.41, 5.74) is 0.628. The van der Waals surface area contributed by atoms with Gasteiger partial charge in [0.25, 0.3) is 5.91 Å². The minimum absolute atomic E-state index is 0.127. The number of ether oxygens (including phenoxy) is 1. The van der Waals surface area contributed by atoms with E-state index in [9.17, 15) is 9.59 Å². The molecule has 18 heavy (non-hydrogen) atoms. The van der Waals surface area contributed by atoms with E-state index in [1.54, 1.807) is 0 Å². The molecule has 0 aliphatic carbocycles. The Kier molecular flexibility index (Phi) is 3.87. The minimum Gasteiger partial charge on any atom is -0.481 e. The van der Waals surface area contributed by atoms with Crippen LogP contribution in [-0.2, 0) is 16.0 Å². The largest absolute Gasteiger partial charge is 0.481 e. The van der Waals surface area contributed by atoms with Crippen molar-refractivity contribution in [2.75, 3.05) is 13.2 Å². The van der Waals surface area contributed by atoms with Crippen LogP contribution in [0.2, 0.25) is 0 Å². The average Bonchev–Trinajstić information content (AvgIpc) is 2.96. The molecular weight excluding hydrogens is 258 g/mol. The van der Waals surface area contributed by atoms with Crippen LogP contribution in [-0.4, -0.2) is 45.8 Å². The van der Waals surface area contributed by atoms with Crippen molar-refractivity contribution in [1.29, 1.82) is 0 Å². The summed E-state index contributed by atoms with van der Waals surface area (Å²) in [5, 5.41) is 15.5. The molecule has 1 aliphatic heterocycles. The highest BCUT2D eigenvalue weighted by molar-refractivity contribution is 7.08. The lowest BCUT2D eigenvalue weighted by Gasteiger charge is -2.14. The molecule has 1 aliphatic rings. The lowest BCUT2D eigenvalue weighted by Crippen LogP contribution is -2.42. The van der Waals surface area contributed by atoms with Crippen LogP contribution in [0.15, 0.2) is 0 Å². The van der Waals surface area contributed by atoms with E-state index in [4.69, 9.17) is 9.84 Å². The Bertz CT molecular complexity index is 462. The predicted octanol–water partition coefficient (Wildman–Crippen LogP) is -0.0701. The van der Waals surface area contributed by atoms with Gasteiger partial charge in [-0.15, -0.1) is 5.10 Å². The molecule has 0 bridgehead atoms. The molecule has 2 rings (SSSR count). The van der Waals surface area contributed by atoms with E-state index in [2.05, 4.69) is 14.9 Å². The lowest BCUT2D eigenvalue weighted by molar-refractivity contribution is -0.142. The Balaban J connectivity index is 2.05. The van der Waals surface area contributed by atoms with Crippen LogP contribution >= 0.6 is 11.5 Å². The van der Waals surface area contributed by atoms with Crippen molar-refractivity contribution in [2.45, 2.75) is 19.4 Å². The van der Waals surface area contributed by atoms with Crippen molar-refractivity contribution in [3.63, 3.8) is 0 Å². The van der Waals surface area contributed by atoms with Gasteiger partial charge >= 0.3 is 5.97 Å². The van der Waals surface area contributed by atoms with Gasteiger partial charge in [0.05, 0.1) is 24.9 Å². The number of carbonyl (C=O) groups is 2. The van der Waals surface area contributed by atoms with E-state index < -0.39 is 17.9 Å². The van der Waals surface area contributed by atoms with Crippen LogP contribution in [0.5, 0.6) is 0 Å². The monoisotopic (exact) mass is 271 g/mol. The third-order valence-corrected chi connectivity index (χ3v) is 3.58. The first-order valence-corrected chi connectivity index (χ1v) is 6.33. The Morgan fingerprint density at radius 1 is 1.56 bits per heavy atom. The third kappa shape index (κ3) is 2.49. The first-order chi connectivity index (χ1) is 8.63. The number of aromatic nitrogens is 2. The summed E-state index contributed by atoms with van der Waals surface area (Å²) in [5.74, 6) is -1.99. The Morgan fingerprint density at radius 3 is 3.00 bits per heavy atom. The van der Waals surface area contributed by atoms with Gasteiger partial charge in [-0.2, -0.15) is 0 Å². The van der Waals surface area contributed by atoms with Crippen LogP contribution < -0.4 is 5.32 Å². The molecule has 1 fully saturated rings. The summed E-state index contributed by atoms with van der Waals surface area (Å²) in [7, 11) is 0. The Labute approximate surface area is 107 Å². The molecule has 1 aromatic rings. The number of carboxylic acids is 1. The first kappa shape index (κ1) is 12.9. The van der Waals surface area contributed by atoms with Crippen molar-refractivity contribution in [3.05, 3.63) is 10.6 Å². The van der Waals surface area contributed by atoms with E-state index in [1.807, 2.05) is 6.92 Å². The highest BCUT2D eigenvalue weighted by Crippen LogP contribution is 2.16. The van der Waals surface area contributed by atoms with Crippen LogP contribution in [0.4, 0.5) is 0 Å². The van der Waals surface area contributed by atoms with Gasteiger partial charge in [0, 0.05) is 0 Å². The van der Waals surface area contributed by atoms with Gasteiger partial charge < -0.3 is 15.2 Å². The summed E-state index contributed by atoms with van der Waals surface area (Å²) in [6.07, 6.45) is 0.614. The number of amides is 1. The second-order valence-electron chi connectivity index (χ2n) is 3.96. The van der Waals surface area contributed by atoms with Crippen molar-refractivity contribution in [3.8, 4) is 0 Å². The van der Waals surface area contributed by atoms with Crippen molar-refractivity contribution in [2.24, 2.45) is 5.92 Å². The molecule has 0 saturated carbocycles. The molecule has 1 saturated heterocycles. The molecule has 98 valence electrons. The fourth-order valence-electron chi connectivity index (χ4n) is 1.79. The maximum absolute atomic E-state index is 12.0. The van der Waals surface area contributed by atoms with E-state index >= 15 is 0 Å². The standard InChI is InChI=1S/C10H13N3O4S/c1-2-6-8(18-13-12-6)9(14)11-7-4-17-3-5(7)10(15)16/h5,7H,2-4H2,1H3,(H,11,14)(H,15,16). The summed E-state index contributed by atoms with van der Waals surface area (Å²) < 4.78 is 8.81. The van der Waals surface area contributed by atoms with Crippen molar-refractivity contribution in [1.82, 2.24) is 14.9 Å². The van der Waals surface area contributed by atoms with Crippen LogP contribution in [0.3, 0.4) is 0 Å². The van der Waals surface area contributed by atoms with Crippen LogP contribution in [0, 0.1) is 5.92 Å². The summed E-state index contributed by atoms with van der Waals surface area (Å²) >= 11 is 1.01. The second-order valence-corrected chi connectivity index (χ2v) is 4.72. The van der Waals surface area contributed by atoms with Gasteiger partial charge in [-0.25, -0.2) is 0 Å². The molecular formula is C10H13N3O4S. The molecule has 0 aromatic carbocycles. The molecule has 2 N–H and O–H groups in total. The number of rotatable bonds is 4. The predicted molar refractivity (Wildman–Crippen MR) is 62.5 cm³/mol. The topological polar surface area (TPSA) is 101 Å². The second kappa shape index (κ2) is 5.40. The molecule has 1 aromatic heterocycles. The fourth-order valence-corrected chi connectivity index (χ4v) is 2.44. The van der Waals surface area contributed by atoms with Gasteiger partial charge in [0.1, 0.15) is 10.8 Å². The van der Waals surface area contributed by atoms with E-state index in [0.29, 0.717) is 17.0 Å². The highest BCUT2D eigenvalue weighted by atomic mass is 32.1. The summed E-state index contributed by atoms with van der Waals surface area (Å²) in [6, 6.07) is -0.498. The third-order valence-electron chi connectivity index (χ3n) is 2.81. The van der Waals surface area contributed by atoms with Gasteiger partial charge in [-0.05, 0) is 18.0 Å². The number of hydrogen-bond donors (Lipinski definition) is 2. The van der Waals surface area contributed by atoms with E-state index in [-0.39, 0.29) is 19.1 Å². The molecule has 1 amide bonds. The Hall–Kier alpha value is -1.54. The summed E-state index contributed by atoms with van der Waals surface area (Å²) in [4.78, 5) is 23.4. The zero-order chi connectivity index (χ0) is 13.1. The molecule has 7 nitrogen and oxygen atoms in total. The number of nitrogens with zero attached hydrogens (tertiary/aromatic N) is 2. The lowest BCUT2D eigenvalue weighted by atomic mass is 10.0. The quantitative estimate of drug-likeness (QED) is 0.795. The summed E-state index contributed by atoms with van der Waals surface area (Å²) in [6.45, 7) is 2.23. The van der Waals surface area contributed by atoms with Gasteiger partial charge in [-0.3, -0.25) is 9.59 Å². The normalized spacial score (nSPS) is 22.9. The van der Waals surface area contributed by atoms with Gasteiger partial charge in [0.15, 0.2) is 0 Å². The zero-order valence-electron chi connectivity index (χ0n) is 9.75. The number of aliphatic carboxylic acids is 1. The number of carbonyl (C=O) groups excluding carboxylic acids is 1. The number of hydrogen-bond acceptors (Lipinski definition) is 6. The smallest absolute Gasteiger partial charge is 0.311 e. The molecule has 2 heterocycles. The van der Waals surface area contributed by atoms with Crippen molar-refractivity contribution < 1.29 is 19.4 Å². The zero-order valence-corrected chi connectivity index (χ0v) is 10.6. The number of carboxylic acid groups (broad SMARTS) is 1. The molecule has 0 radical (unpaired) electrons. The fraction of sp³-hybridized carbons (Fsp3) is 0.600. The van der Waals surface area contributed by atoms with Gasteiger partial charge in [0.2, 0.25) is 0 Å². The highest BCUT2D eigenvalue weighted by Gasteiger charge is 2.35. The molecule has 0 spiro atoms. The molecule has 2 atom stereocenters. The SMILES string of the molecule is CCc1nnsc1C(=O)NC1COCC1C(=O)O. The van der Waals surface area contributed by atoms with Crippen LogP contribution in [0.1, 0.15) is 22.3 Å².